The highest BCUT2D eigenvalue weighted by molar-refractivity contribution is 5.81. The van der Waals surface area contributed by atoms with E-state index in [0.717, 1.165) is 0 Å². The molecule has 0 saturated carbocycles. The average molecular weight is 270 g/mol. The molecule has 0 rings (SSSR count). The van der Waals surface area contributed by atoms with Crippen LogP contribution in [0.5, 0.6) is 0 Å². The number of unbranched alkanes of at least 4 members (excludes halogenated alkanes) is 4. The third kappa shape index (κ3) is 31.8. The second kappa shape index (κ2) is 22.6. The van der Waals surface area contributed by atoms with E-state index in [9.17, 15) is 0 Å². The topological polar surface area (TPSA) is 12.4 Å². The van der Waals surface area contributed by atoms with Gasteiger partial charge in [-0.05, 0) is 39.5 Å². The maximum absolute atomic E-state index is 4.10. The molecule has 0 bridgehead atoms. The van der Waals surface area contributed by atoms with Crippen molar-refractivity contribution in [2.45, 2.75) is 92.9 Å². The summed E-state index contributed by atoms with van der Waals surface area (Å²) in [7, 11) is 1.87. The van der Waals surface area contributed by atoms with Crippen LogP contribution in [-0.2, 0) is 0 Å². The van der Waals surface area contributed by atoms with E-state index in [-0.39, 0.29) is 0 Å². The van der Waals surface area contributed by atoms with Crippen molar-refractivity contribution in [3.05, 3.63) is 12.2 Å². The Bertz CT molecular complexity index is 192. The van der Waals surface area contributed by atoms with Crippen molar-refractivity contribution in [1.82, 2.24) is 0 Å². The smallest absolute Gasteiger partial charge is 0.0276 e. The van der Waals surface area contributed by atoms with E-state index < -0.39 is 0 Å². The number of allylic oxidation sites excluding steroid dienone is 1. The molecule has 0 aliphatic rings. The van der Waals surface area contributed by atoms with Crippen molar-refractivity contribution in [1.29, 1.82) is 0 Å². The molecular formula is C18H39N. The fourth-order valence-electron chi connectivity index (χ4n) is 1.40. The summed E-state index contributed by atoms with van der Waals surface area (Å²) in [6, 6.07) is 0. The van der Waals surface area contributed by atoms with Gasteiger partial charge in [0.05, 0.1) is 0 Å². The predicted octanol–water partition coefficient (Wildman–Crippen LogP) is 6.83. The van der Waals surface area contributed by atoms with Crippen molar-refractivity contribution in [2.75, 3.05) is 7.05 Å². The SMILES string of the molecule is C=C(C)CCCC.CC.CCCCCCC(C)=NC. The number of hydrogen-bond acceptors (Lipinski definition) is 1. The van der Waals surface area contributed by atoms with Gasteiger partial charge in [-0.15, -0.1) is 6.58 Å². The van der Waals surface area contributed by atoms with Gasteiger partial charge in [-0.3, -0.25) is 4.99 Å². The third-order valence-corrected chi connectivity index (χ3v) is 2.73. The van der Waals surface area contributed by atoms with E-state index in [1.807, 2.05) is 20.9 Å². The second-order valence-corrected chi connectivity index (χ2v) is 4.83. The largest absolute Gasteiger partial charge is 0.298 e. The Hall–Kier alpha value is -0.590. The highest BCUT2D eigenvalue weighted by Gasteiger charge is 1.89. The maximum Gasteiger partial charge on any atom is 0.0276 e. The van der Waals surface area contributed by atoms with Crippen molar-refractivity contribution in [2.24, 2.45) is 4.99 Å². The van der Waals surface area contributed by atoms with Gasteiger partial charge in [-0.2, -0.15) is 0 Å². The molecule has 116 valence electrons. The monoisotopic (exact) mass is 269 g/mol. The van der Waals surface area contributed by atoms with Gasteiger partial charge in [0.25, 0.3) is 0 Å². The van der Waals surface area contributed by atoms with E-state index in [1.165, 1.54) is 62.7 Å². The third-order valence-electron chi connectivity index (χ3n) is 2.73. The first-order valence-corrected chi connectivity index (χ1v) is 8.15. The Morgan fingerprint density at radius 3 is 1.68 bits per heavy atom. The minimum Gasteiger partial charge on any atom is -0.298 e. The molecular weight excluding hydrogens is 230 g/mol. The number of hydrogen-bond donors (Lipinski definition) is 0. The standard InChI is InChI=1S/C9H19N.C7H14.C2H6/c1-4-5-6-7-8-9(2)10-3;1-4-5-6-7(2)3;1-2/h4-8H2,1-3H3;2,4-6H2,1,3H3;1-2H3. The minimum atomic E-state index is 1.19. The zero-order chi connectivity index (χ0) is 15.5. The fraction of sp³-hybridized carbons (Fsp3) is 0.833. The van der Waals surface area contributed by atoms with Gasteiger partial charge < -0.3 is 0 Å². The molecule has 0 aromatic carbocycles. The van der Waals surface area contributed by atoms with Crippen LogP contribution in [0, 0.1) is 0 Å². The molecule has 0 aliphatic carbocycles. The van der Waals surface area contributed by atoms with Gasteiger partial charge >= 0.3 is 0 Å². The van der Waals surface area contributed by atoms with Gasteiger partial charge in [-0.1, -0.05) is 59.0 Å². The molecule has 0 heterocycles. The van der Waals surface area contributed by atoms with Crippen LogP contribution in [0.1, 0.15) is 92.9 Å². The lowest BCUT2D eigenvalue weighted by molar-refractivity contribution is 0.682. The maximum atomic E-state index is 4.10. The first-order chi connectivity index (χ1) is 9.08. The average Bonchev–Trinajstić information content (AvgIpc) is 2.44. The van der Waals surface area contributed by atoms with Crippen LogP contribution in [0.25, 0.3) is 0 Å². The van der Waals surface area contributed by atoms with Crippen LogP contribution in [0.2, 0.25) is 0 Å². The summed E-state index contributed by atoms with van der Waals surface area (Å²) in [4.78, 5) is 4.10. The van der Waals surface area contributed by atoms with Crippen molar-refractivity contribution in [3.8, 4) is 0 Å². The van der Waals surface area contributed by atoms with Gasteiger partial charge in [0.15, 0.2) is 0 Å². The molecule has 0 atom stereocenters. The Kier molecular flexibility index (Phi) is 27.9. The van der Waals surface area contributed by atoms with Crippen molar-refractivity contribution in [3.63, 3.8) is 0 Å². The summed E-state index contributed by atoms with van der Waals surface area (Å²) in [5.41, 5.74) is 2.60. The number of nitrogens with zero attached hydrogens (tertiary/aromatic N) is 1. The molecule has 0 saturated heterocycles. The molecule has 0 unspecified atom stereocenters. The van der Waals surface area contributed by atoms with Crippen LogP contribution >= 0.6 is 0 Å². The van der Waals surface area contributed by atoms with E-state index in [0.29, 0.717) is 0 Å². The quantitative estimate of drug-likeness (QED) is 0.260. The van der Waals surface area contributed by atoms with Gasteiger partial charge in [0.2, 0.25) is 0 Å². The lowest BCUT2D eigenvalue weighted by Gasteiger charge is -1.97. The Morgan fingerprint density at radius 1 is 0.842 bits per heavy atom. The van der Waals surface area contributed by atoms with Crippen LogP contribution in [0.4, 0.5) is 0 Å². The Labute approximate surface area is 123 Å². The molecule has 0 aliphatic heterocycles. The molecule has 1 nitrogen and oxygen atoms in total. The molecule has 0 amide bonds. The lowest BCUT2D eigenvalue weighted by Crippen LogP contribution is -1.90. The summed E-state index contributed by atoms with van der Waals surface area (Å²) in [6.07, 6.45) is 10.4. The van der Waals surface area contributed by atoms with Crippen LogP contribution in [-0.4, -0.2) is 12.8 Å². The first kappa shape index (κ1) is 23.5. The van der Waals surface area contributed by atoms with Crippen LogP contribution in [0.15, 0.2) is 17.1 Å². The molecule has 0 fully saturated rings. The second-order valence-electron chi connectivity index (χ2n) is 4.83. The van der Waals surface area contributed by atoms with Crippen LogP contribution < -0.4 is 0 Å². The highest BCUT2D eigenvalue weighted by atomic mass is 14.7. The summed E-state index contributed by atoms with van der Waals surface area (Å²) in [5.74, 6) is 0. The highest BCUT2D eigenvalue weighted by Crippen LogP contribution is 2.03. The Balaban J connectivity index is -0.000000249. The summed E-state index contributed by atoms with van der Waals surface area (Å²) in [6.45, 7) is 16.4. The van der Waals surface area contributed by atoms with Crippen molar-refractivity contribution < 1.29 is 0 Å². The van der Waals surface area contributed by atoms with Gasteiger partial charge in [0, 0.05) is 12.8 Å². The zero-order valence-corrected chi connectivity index (χ0v) is 14.8. The van der Waals surface area contributed by atoms with Gasteiger partial charge in [-0.25, -0.2) is 0 Å². The molecule has 0 spiro atoms. The normalized spacial score (nSPS) is 9.95. The fourth-order valence-corrected chi connectivity index (χ4v) is 1.40. The summed E-state index contributed by atoms with van der Waals surface area (Å²) >= 11 is 0. The van der Waals surface area contributed by atoms with E-state index in [1.54, 1.807) is 0 Å². The minimum absolute atomic E-state index is 1.19. The van der Waals surface area contributed by atoms with Crippen molar-refractivity contribution >= 4 is 5.71 Å². The molecule has 1 heteroatoms. The molecule has 0 aromatic rings. The predicted molar refractivity (Wildman–Crippen MR) is 93.5 cm³/mol. The van der Waals surface area contributed by atoms with Crippen LogP contribution in [0.3, 0.4) is 0 Å². The summed E-state index contributed by atoms with van der Waals surface area (Å²) in [5, 5.41) is 0. The lowest BCUT2D eigenvalue weighted by atomic mass is 10.1. The van der Waals surface area contributed by atoms with E-state index in [4.69, 9.17) is 0 Å². The molecule has 19 heavy (non-hydrogen) atoms. The number of rotatable bonds is 8. The first-order valence-electron chi connectivity index (χ1n) is 8.15. The zero-order valence-electron chi connectivity index (χ0n) is 14.8. The Morgan fingerprint density at radius 2 is 1.37 bits per heavy atom. The van der Waals surface area contributed by atoms with E-state index >= 15 is 0 Å². The molecule has 0 N–H and O–H groups in total. The van der Waals surface area contributed by atoms with Gasteiger partial charge in [0.1, 0.15) is 0 Å². The summed E-state index contributed by atoms with van der Waals surface area (Å²) < 4.78 is 0. The molecule has 0 aromatic heterocycles. The molecule has 0 radical (unpaired) electrons. The van der Waals surface area contributed by atoms with E-state index in [2.05, 4.69) is 39.3 Å². The number of aliphatic imine (C=N–C) groups is 1.